The number of carbonyl (C=O) groups is 1. The molecule has 4 aliphatic carbocycles. The quantitative estimate of drug-likeness (QED) is 0.366. The van der Waals surface area contributed by atoms with Crippen LogP contribution < -0.4 is 10.0 Å². The Morgan fingerprint density at radius 1 is 1.00 bits per heavy atom. The first-order chi connectivity index (χ1) is 16.8. The van der Waals surface area contributed by atoms with E-state index in [4.69, 9.17) is 0 Å². The molecule has 35 heavy (non-hydrogen) atoms. The van der Waals surface area contributed by atoms with Crippen molar-refractivity contribution in [1.82, 2.24) is 10.3 Å². The first kappa shape index (κ1) is 23.1. The highest BCUT2D eigenvalue weighted by atomic mass is 79.9. The number of halogens is 1. The molecule has 8 heteroatoms. The van der Waals surface area contributed by atoms with E-state index in [0.717, 1.165) is 40.2 Å². The van der Waals surface area contributed by atoms with E-state index in [-0.39, 0.29) is 17.9 Å². The average Bonchev–Trinajstić information content (AvgIpc) is 3.20. The van der Waals surface area contributed by atoms with E-state index in [9.17, 15) is 13.2 Å². The predicted octanol–water partition coefficient (Wildman–Crippen LogP) is 5.37. The molecule has 1 amide bonds. The van der Waals surface area contributed by atoms with Gasteiger partial charge in [0.25, 0.3) is 0 Å². The van der Waals surface area contributed by atoms with Crippen LogP contribution in [-0.2, 0) is 21.2 Å². The van der Waals surface area contributed by atoms with Gasteiger partial charge in [-0.1, -0.05) is 34.1 Å². The van der Waals surface area contributed by atoms with Crippen LogP contribution in [0.25, 0.3) is 10.9 Å². The Kier molecular flexibility index (Phi) is 5.72. The maximum atomic E-state index is 13.8. The number of H-pyrrole nitrogens is 1. The van der Waals surface area contributed by atoms with Crippen LogP contribution in [-0.4, -0.2) is 30.1 Å². The standard InChI is InChI=1S/C27H30BrN3O3S/c28-21-5-7-22(8-6-21)31-35(33,34)25(12-20-16-29-24-4-2-1-3-23(20)24)26(32)30-27-13-17-9-18(14-27)11-19(10-17)15-27/h1-8,16-19,25,29,31H,9-15H2,(H,30,32)/t17?,18?,19?,25-,27?/m0/s1. The van der Waals surface area contributed by atoms with Crippen molar-refractivity contribution in [2.24, 2.45) is 17.8 Å². The van der Waals surface area contributed by atoms with Gasteiger partial charge in [-0.25, -0.2) is 8.42 Å². The summed E-state index contributed by atoms with van der Waals surface area (Å²) in [5.74, 6) is 1.59. The van der Waals surface area contributed by atoms with Crippen LogP contribution in [0.1, 0.15) is 44.1 Å². The summed E-state index contributed by atoms with van der Waals surface area (Å²) >= 11 is 3.38. The number of nitrogens with one attached hydrogen (secondary N) is 3. The van der Waals surface area contributed by atoms with E-state index in [0.29, 0.717) is 23.4 Å². The van der Waals surface area contributed by atoms with Crippen LogP contribution in [0.4, 0.5) is 5.69 Å². The summed E-state index contributed by atoms with van der Waals surface area (Å²) in [6.45, 7) is 0. The number of hydrogen-bond donors (Lipinski definition) is 3. The van der Waals surface area contributed by atoms with Gasteiger partial charge in [-0.3, -0.25) is 9.52 Å². The van der Waals surface area contributed by atoms with Crippen molar-refractivity contribution in [2.45, 2.75) is 55.7 Å². The van der Waals surface area contributed by atoms with Crippen molar-refractivity contribution < 1.29 is 13.2 Å². The van der Waals surface area contributed by atoms with Crippen LogP contribution in [0.5, 0.6) is 0 Å². The molecule has 3 N–H and O–H groups in total. The fraction of sp³-hybridized carbons (Fsp3) is 0.444. The van der Waals surface area contributed by atoms with Crippen LogP contribution in [0, 0.1) is 17.8 Å². The molecule has 184 valence electrons. The van der Waals surface area contributed by atoms with Crippen LogP contribution in [0.2, 0.25) is 0 Å². The predicted molar refractivity (Wildman–Crippen MR) is 142 cm³/mol. The molecule has 3 aromatic rings. The third kappa shape index (κ3) is 4.51. The SMILES string of the molecule is O=C(NC12CC3CC(CC(C3)C1)C2)[C@H](Cc1c[nH]c2ccccc12)S(=O)(=O)Nc1ccc(Br)cc1. The lowest BCUT2D eigenvalue weighted by Gasteiger charge is -2.57. The molecule has 0 spiro atoms. The number of benzene rings is 2. The fourth-order valence-electron chi connectivity index (χ4n) is 7.20. The zero-order valence-electron chi connectivity index (χ0n) is 19.5. The Morgan fingerprint density at radius 2 is 1.63 bits per heavy atom. The van der Waals surface area contributed by atoms with E-state index in [1.54, 1.807) is 24.3 Å². The first-order valence-corrected chi connectivity index (χ1v) is 14.8. The summed E-state index contributed by atoms with van der Waals surface area (Å²) in [4.78, 5) is 17.0. The summed E-state index contributed by atoms with van der Waals surface area (Å²) in [5.41, 5.74) is 1.95. The Hall–Kier alpha value is -2.32. The molecule has 0 saturated heterocycles. The lowest BCUT2D eigenvalue weighted by atomic mass is 9.53. The molecule has 0 radical (unpaired) electrons. The van der Waals surface area contributed by atoms with Gasteiger partial charge < -0.3 is 10.3 Å². The Labute approximate surface area is 214 Å². The van der Waals surface area contributed by atoms with Crippen molar-refractivity contribution >= 4 is 48.5 Å². The molecule has 6 nitrogen and oxygen atoms in total. The van der Waals surface area contributed by atoms with Gasteiger partial charge in [0.2, 0.25) is 15.9 Å². The summed E-state index contributed by atoms with van der Waals surface area (Å²) in [5, 5.41) is 3.02. The normalized spacial score (nSPS) is 28.2. The third-order valence-corrected chi connectivity index (χ3v) is 10.5. The monoisotopic (exact) mass is 555 g/mol. The van der Waals surface area contributed by atoms with E-state index < -0.39 is 15.3 Å². The summed E-state index contributed by atoms with van der Waals surface area (Å²) in [6.07, 6.45) is 8.64. The van der Waals surface area contributed by atoms with Gasteiger partial charge in [0.05, 0.1) is 0 Å². The second-order valence-corrected chi connectivity index (χ2v) is 13.7. The minimum atomic E-state index is -4.01. The number of carbonyl (C=O) groups excluding carboxylic acids is 1. The van der Waals surface area contributed by atoms with Crippen LogP contribution >= 0.6 is 15.9 Å². The molecule has 1 aromatic heterocycles. The Balaban J connectivity index is 1.31. The molecule has 4 fully saturated rings. The molecule has 0 unspecified atom stereocenters. The van der Waals surface area contributed by atoms with Gasteiger partial charge in [-0.15, -0.1) is 0 Å². The summed E-state index contributed by atoms with van der Waals surface area (Å²) in [7, 11) is -4.01. The van der Waals surface area contributed by atoms with Gasteiger partial charge >= 0.3 is 0 Å². The van der Waals surface area contributed by atoms with Gasteiger partial charge in [-0.05, 0) is 92.2 Å². The third-order valence-electron chi connectivity index (χ3n) is 8.28. The van der Waals surface area contributed by atoms with Crippen molar-refractivity contribution in [1.29, 1.82) is 0 Å². The largest absolute Gasteiger partial charge is 0.361 e. The highest BCUT2D eigenvalue weighted by Crippen LogP contribution is 2.55. The highest BCUT2D eigenvalue weighted by molar-refractivity contribution is 9.10. The Morgan fingerprint density at radius 3 is 2.29 bits per heavy atom. The number of fused-ring (bicyclic) bond motifs is 1. The van der Waals surface area contributed by atoms with Gasteiger partial charge in [-0.2, -0.15) is 0 Å². The molecule has 0 aliphatic heterocycles. The van der Waals surface area contributed by atoms with Crippen molar-refractivity contribution in [3.63, 3.8) is 0 Å². The number of anilines is 1. The topological polar surface area (TPSA) is 91.1 Å². The minimum Gasteiger partial charge on any atom is -0.361 e. The number of para-hydroxylation sites is 1. The smallest absolute Gasteiger partial charge is 0.245 e. The minimum absolute atomic E-state index is 0.105. The average molecular weight is 557 g/mol. The zero-order chi connectivity index (χ0) is 24.2. The van der Waals surface area contributed by atoms with E-state index in [1.165, 1.54) is 19.3 Å². The number of aromatic nitrogens is 1. The molecule has 4 saturated carbocycles. The van der Waals surface area contributed by atoms with E-state index in [2.05, 4.69) is 31.0 Å². The second kappa shape index (κ2) is 8.66. The maximum Gasteiger partial charge on any atom is 0.245 e. The van der Waals surface area contributed by atoms with Crippen molar-refractivity contribution in [2.75, 3.05) is 4.72 Å². The van der Waals surface area contributed by atoms with E-state index >= 15 is 0 Å². The molecule has 1 atom stereocenters. The van der Waals surface area contributed by atoms with E-state index in [1.807, 2.05) is 30.5 Å². The number of hydrogen-bond acceptors (Lipinski definition) is 3. The molecular weight excluding hydrogens is 526 g/mol. The first-order valence-electron chi connectivity index (χ1n) is 12.4. The van der Waals surface area contributed by atoms with Gasteiger partial charge in [0.1, 0.15) is 0 Å². The number of sulfonamides is 1. The lowest BCUT2D eigenvalue weighted by molar-refractivity contribution is -0.126. The molecule has 4 bridgehead atoms. The maximum absolute atomic E-state index is 13.8. The fourth-order valence-corrected chi connectivity index (χ4v) is 8.81. The van der Waals surface area contributed by atoms with Crippen molar-refractivity contribution in [3.05, 3.63) is 64.8 Å². The molecule has 1 heterocycles. The summed E-state index contributed by atoms with van der Waals surface area (Å²) < 4.78 is 30.9. The molecule has 4 aliphatic rings. The number of rotatable bonds is 7. The zero-order valence-corrected chi connectivity index (χ0v) is 21.9. The summed E-state index contributed by atoms with van der Waals surface area (Å²) in [6, 6.07) is 14.7. The van der Waals surface area contributed by atoms with Gasteiger partial charge in [0.15, 0.2) is 5.25 Å². The Bertz CT molecular complexity index is 1330. The van der Waals surface area contributed by atoms with Crippen LogP contribution in [0.3, 0.4) is 0 Å². The number of amides is 1. The second-order valence-electron chi connectivity index (χ2n) is 10.9. The molecule has 7 rings (SSSR count). The number of aromatic amines is 1. The molecule has 2 aromatic carbocycles. The van der Waals surface area contributed by atoms with Crippen molar-refractivity contribution in [3.8, 4) is 0 Å². The van der Waals surface area contributed by atoms with Gasteiger partial charge in [0, 0.05) is 39.2 Å². The lowest BCUT2D eigenvalue weighted by Crippen LogP contribution is -2.62. The molecular formula is C27H30BrN3O3S. The van der Waals surface area contributed by atoms with Crippen LogP contribution in [0.15, 0.2) is 59.2 Å². The highest BCUT2D eigenvalue weighted by Gasteiger charge is 2.52.